The van der Waals surface area contributed by atoms with Crippen LogP contribution in [0.1, 0.15) is 95.8 Å². The van der Waals surface area contributed by atoms with E-state index in [0.29, 0.717) is 36.1 Å². The number of carbonyl (C=O) groups excluding carboxylic acids is 2. The fourth-order valence-electron chi connectivity index (χ4n) is 5.95. The summed E-state index contributed by atoms with van der Waals surface area (Å²) >= 11 is 0. The van der Waals surface area contributed by atoms with Crippen LogP contribution >= 0.6 is 0 Å². The number of fused-ring (bicyclic) bond motifs is 2. The Hall–Kier alpha value is -3.14. The van der Waals surface area contributed by atoms with Crippen molar-refractivity contribution in [3.05, 3.63) is 65.7 Å². The van der Waals surface area contributed by atoms with E-state index in [-0.39, 0.29) is 11.8 Å². The maximum Gasteiger partial charge on any atom is 0.259 e. The molecule has 2 unspecified atom stereocenters. The van der Waals surface area contributed by atoms with E-state index in [1.165, 1.54) is 6.42 Å². The van der Waals surface area contributed by atoms with Crippen molar-refractivity contribution in [2.75, 3.05) is 22.9 Å². The SMILES string of the molecule is C=Cc1ccc2c(c1)N(CC(CC)CCCC)C(=O)/C2=C1\C(=O)N(CC(CC)CCCC)c2ccccc21. The summed E-state index contributed by atoms with van der Waals surface area (Å²) in [4.78, 5) is 32.3. The molecule has 2 aromatic carbocycles. The monoisotopic (exact) mass is 512 g/mol. The molecule has 4 heteroatoms. The van der Waals surface area contributed by atoms with E-state index >= 15 is 0 Å². The molecular weight excluding hydrogens is 468 g/mol. The lowest BCUT2D eigenvalue weighted by atomic mass is 9.95. The van der Waals surface area contributed by atoms with Crippen LogP contribution in [0.2, 0.25) is 0 Å². The van der Waals surface area contributed by atoms with Crippen molar-refractivity contribution in [1.82, 2.24) is 0 Å². The van der Waals surface area contributed by atoms with E-state index in [0.717, 1.165) is 73.0 Å². The van der Waals surface area contributed by atoms with E-state index in [1.54, 1.807) is 0 Å². The molecule has 0 saturated carbocycles. The van der Waals surface area contributed by atoms with Gasteiger partial charge >= 0.3 is 0 Å². The maximum absolute atomic E-state index is 14.2. The summed E-state index contributed by atoms with van der Waals surface area (Å²) in [7, 11) is 0. The highest BCUT2D eigenvalue weighted by Crippen LogP contribution is 2.47. The van der Waals surface area contributed by atoms with Gasteiger partial charge in [0.25, 0.3) is 11.8 Å². The van der Waals surface area contributed by atoms with Crippen LogP contribution in [-0.2, 0) is 9.59 Å². The second kappa shape index (κ2) is 12.6. The summed E-state index contributed by atoms with van der Waals surface area (Å²) in [6, 6.07) is 14.1. The third-order valence-electron chi connectivity index (χ3n) is 8.42. The molecule has 0 N–H and O–H groups in total. The van der Waals surface area contributed by atoms with Crippen LogP contribution in [-0.4, -0.2) is 24.9 Å². The number of hydrogen-bond donors (Lipinski definition) is 0. The number of anilines is 2. The summed E-state index contributed by atoms with van der Waals surface area (Å²) in [5.74, 6) is 0.783. The van der Waals surface area contributed by atoms with Gasteiger partial charge in [-0.1, -0.05) is 109 Å². The number of nitrogens with zero attached hydrogens (tertiary/aromatic N) is 2. The summed E-state index contributed by atoms with van der Waals surface area (Å²) in [6.07, 6.45) is 10.7. The summed E-state index contributed by atoms with van der Waals surface area (Å²) in [5.41, 5.74) is 5.68. The lowest BCUT2D eigenvalue weighted by Gasteiger charge is -2.24. The van der Waals surface area contributed by atoms with Gasteiger partial charge in [0.2, 0.25) is 0 Å². The standard InChI is InChI=1S/C34H44N2O2/c1-6-11-15-25(9-4)22-35-29-18-14-13-17-27(29)31(33(35)37)32-28-20-19-24(8-3)21-30(28)36(34(32)38)23-26(10-5)16-12-7-2/h8,13-14,17-21,25-26H,3,6-7,9-12,15-16,22-23H2,1-2,4-5H3/b32-31-. The number of amides is 2. The molecule has 0 spiro atoms. The predicted octanol–water partition coefficient (Wildman–Crippen LogP) is 8.37. The van der Waals surface area contributed by atoms with Gasteiger partial charge in [-0.05, 0) is 42.4 Å². The number of carbonyl (C=O) groups is 2. The molecule has 0 aromatic heterocycles. The van der Waals surface area contributed by atoms with Crippen molar-refractivity contribution >= 4 is 40.4 Å². The van der Waals surface area contributed by atoms with Crippen molar-refractivity contribution in [1.29, 1.82) is 0 Å². The Morgan fingerprint density at radius 2 is 1.26 bits per heavy atom. The van der Waals surface area contributed by atoms with Gasteiger partial charge in [-0.3, -0.25) is 9.59 Å². The van der Waals surface area contributed by atoms with E-state index in [1.807, 2.05) is 52.3 Å². The highest BCUT2D eigenvalue weighted by atomic mass is 16.2. The van der Waals surface area contributed by atoms with Crippen LogP contribution in [0, 0.1) is 11.8 Å². The van der Waals surface area contributed by atoms with Crippen molar-refractivity contribution < 1.29 is 9.59 Å². The molecule has 2 atom stereocenters. The first-order valence-corrected chi connectivity index (χ1v) is 14.7. The van der Waals surface area contributed by atoms with Gasteiger partial charge in [0.1, 0.15) is 0 Å². The second-order valence-electron chi connectivity index (χ2n) is 10.9. The molecule has 2 amide bonds. The summed E-state index contributed by atoms with van der Waals surface area (Å²) in [5, 5.41) is 0. The molecular formula is C34H44N2O2. The van der Waals surface area contributed by atoms with Crippen LogP contribution in [0.3, 0.4) is 0 Å². The van der Waals surface area contributed by atoms with Crippen LogP contribution in [0.25, 0.3) is 17.2 Å². The molecule has 0 bridgehead atoms. The second-order valence-corrected chi connectivity index (χ2v) is 10.9. The van der Waals surface area contributed by atoms with E-state index in [2.05, 4.69) is 40.3 Å². The third kappa shape index (κ3) is 5.36. The molecule has 2 aromatic rings. The van der Waals surface area contributed by atoms with Gasteiger partial charge in [0.15, 0.2) is 0 Å². The molecule has 0 aliphatic carbocycles. The van der Waals surface area contributed by atoms with Crippen molar-refractivity contribution in [3.8, 4) is 0 Å². The summed E-state index contributed by atoms with van der Waals surface area (Å²) < 4.78 is 0. The molecule has 2 aliphatic rings. The van der Waals surface area contributed by atoms with Crippen molar-refractivity contribution in [3.63, 3.8) is 0 Å². The molecule has 202 valence electrons. The Bertz CT molecular complexity index is 1210. The van der Waals surface area contributed by atoms with Gasteiger partial charge in [0, 0.05) is 24.2 Å². The normalized spacial score (nSPS) is 18.1. The van der Waals surface area contributed by atoms with Gasteiger partial charge < -0.3 is 9.80 Å². The summed E-state index contributed by atoms with van der Waals surface area (Å²) in [6.45, 7) is 14.2. The Morgan fingerprint density at radius 1 is 0.737 bits per heavy atom. The zero-order chi connectivity index (χ0) is 27.2. The minimum atomic E-state index is -0.0470. The molecule has 2 aliphatic heterocycles. The fourth-order valence-corrected chi connectivity index (χ4v) is 5.95. The lowest BCUT2D eigenvalue weighted by Crippen LogP contribution is -2.34. The van der Waals surface area contributed by atoms with E-state index < -0.39 is 0 Å². The largest absolute Gasteiger partial charge is 0.307 e. The average molecular weight is 513 g/mol. The Kier molecular flexibility index (Phi) is 9.25. The number of rotatable bonds is 13. The Morgan fingerprint density at radius 3 is 1.79 bits per heavy atom. The molecule has 0 radical (unpaired) electrons. The van der Waals surface area contributed by atoms with Crippen LogP contribution < -0.4 is 9.80 Å². The van der Waals surface area contributed by atoms with Gasteiger partial charge in [0.05, 0.1) is 22.5 Å². The molecule has 4 rings (SSSR count). The molecule has 0 fully saturated rings. The number of hydrogen-bond acceptors (Lipinski definition) is 2. The van der Waals surface area contributed by atoms with Gasteiger partial charge in [-0.25, -0.2) is 0 Å². The maximum atomic E-state index is 14.2. The lowest BCUT2D eigenvalue weighted by molar-refractivity contribution is -0.114. The Labute approximate surface area is 229 Å². The highest BCUT2D eigenvalue weighted by Gasteiger charge is 2.42. The fraction of sp³-hybridized carbons (Fsp3) is 0.471. The number of para-hydroxylation sites is 1. The van der Waals surface area contributed by atoms with Crippen molar-refractivity contribution in [2.24, 2.45) is 11.8 Å². The van der Waals surface area contributed by atoms with E-state index in [4.69, 9.17) is 0 Å². The van der Waals surface area contributed by atoms with Gasteiger partial charge in [-0.15, -0.1) is 0 Å². The number of benzene rings is 2. The van der Waals surface area contributed by atoms with E-state index in [9.17, 15) is 9.59 Å². The highest BCUT2D eigenvalue weighted by molar-refractivity contribution is 6.49. The minimum Gasteiger partial charge on any atom is -0.307 e. The topological polar surface area (TPSA) is 40.6 Å². The smallest absolute Gasteiger partial charge is 0.259 e. The molecule has 0 saturated heterocycles. The van der Waals surface area contributed by atoms with Crippen molar-refractivity contribution in [2.45, 2.75) is 79.1 Å². The minimum absolute atomic E-state index is 0.0388. The Balaban J connectivity index is 1.80. The zero-order valence-electron chi connectivity index (χ0n) is 23.8. The quantitative estimate of drug-likeness (QED) is 0.253. The first-order valence-electron chi connectivity index (χ1n) is 14.7. The first-order chi connectivity index (χ1) is 18.5. The van der Waals surface area contributed by atoms with Crippen LogP contribution in [0.15, 0.2) is 49.0 Å². The molecule has 2 heterocycles. The predicted molar refractivity (Wildman–Crippen MR) is 161 cm³/mol. The molecule has 4 nitrogen and oxygen atoms in total. The third-order valence-corrected chi connectivity index (χ3v) is 8.42. The average Bonchev–Trinajstić information content (AvgIpc) is 3.37. The molecule has 38 heavy (non-hydrogen) atoms. The van der Waals surface area contributed by atoms with Gasteiger partial charge in [-0.2, -0.15) is 0 Å². The number of unbranched alkanes of at least 4 members (excludes halogenated alkanes) is 2. The van der Waals surface area contributed by atoms with Crippen LogP contribution in [0.5, 0.6) is 0 Å². The first kappa shape index (κ1) is 27.9. The van der Waals surface area contributed by atoms with Crippen LogP contribution in [0.4, 0.5) is 11.4 Å². The zero-order valence-corrected chi connectivity index (χ0v) is 23.8.